The van der Waals surface area contributed by atoms with E-state index in [1.807, 2.05) is 6.92 Å². The Morgan fingerprint density at radius 2 is 2.25 bits per heavy atom. The van der Waals surface area contributed by atoms with Crippen LogP contribution in [-0.2, 0) is 9.84 Å². The van der Waals surface area contributed by atoms with Gasteiger partial charge in [-0.2, -0.15) is 0 Å². The van der Waals surface area contributed by atoms with Crippen molar-refractivity contribution in [1.29, 1.82) is 0 Å². The van der Waals surface area contributed by atoms with Gasteiger partial charge in [0.2, 0.25) is 0 Å². The second-order valence-corrected chi connectivity index (χ2v) is 5.28. The molecule has 0 aromatic carbocycles. The number of aliphatic imine (C=N–C) groups is 1. The lowest BCUT2D eigenvalue weighted by Crippen LogP contribution is -2.33. The van der Waals surface area contributed by atoms with Gasteiger partial charge in [0.15, 0.2) is 9.84 Å². The Balaban J connectivity index is 2.49. The Labute approximate surface area is 73.0 Å². The fraction of sp³-hybridized carbons (Fsp3) is 0.857. The average molecular weight is 190 g/mol. The number of rotatable bonds is 1. The zero-order chi connectivity index (χ0) is 9.19. The third-order valence-corrected chi connectivity index (χ3v) is 3.75. The van der Waals surface area contributed by atoms with Crippen LogP contribution >= 0.6 is 0 Å². The number of nitrogens with one attached hydrogen (secondary N) is 1. The maximum Gasteiger partial charge on any atom is 0.152 e. The van der Waals surface area contributed by atoms with Crippen LogP contribution in [0.3, 0.4) is 0 Å². The van der Waals surface area contributed by atoms with Crippen molar-refractivity contribution in [2.24, 2.45) is 4.99 Å². The summed E-state index contributed by atoms with van der Waals surface area (Å²) in [5.74, 6) is 1.36. The maximum absolute atomic E-state index is 11.0. The molecule has 0 bridgehead atoms. The molecule has 0 amide bonds. The smallest absolute Gasteiger partial charge is 0.152 e. The molecule has 1 atom stereocenters. The van der Waals surface area contributed by atoms with Crippen molar-refractivity contribution in [1.82, 2.24) is 5.32 Å². The van der Waals surface area contributed by atoms with Crippen molar-refractivity contribution in [2.45, 2.75) is 19.4 Å². The molecule has 0 saturated carbocycles. The molecular weight excluding hydrogens is 176 g/mol. The highest BCUT2D eigenvalue weighted by atomic mass is 32.2. The largest absolute Gasteiger partial charge is 0.370 e. The summed E-state index contributed by atoms with van der Waals surface area (Å²) in [4.78, 5) is 3.91. The van der Waals surface area contributed by atoms with Crippen LogP contribution in [-0.4, -0.2) is 38.8 Å². The van der Waals surface area contributed by atoms with Crippen LogP contribution in [0.5, 0.6) is 0 Å². The van der Waals surface area contributed by atoms with Crippen LogP contribution in [0.15, 0.2) is 4.99 Å². The van der Waals surface area contributed by atoms with Crippen LogP contribution in [0.25, 0.3) is 0 Å². The quantitative estimate of drug-likeness (QED) is 0.460. The molecule has 1 N–H and O–H groups in total. The third kappa shape index (κ3) is 2.48. The van der Waals surface area contributed by atoms with Crippen LogP contribution in [0, 0.1) is 0 Å². The fourth-order valence-electron chi connectivity index (χ4n) is 1.27. The Hall–Kier alpha value is -0.580. The van der Waals surface area contributed by atoms with Gasteiger partial charge in [0.25, 0.3) is 0 Å². The van der Waals surface area contributed by atoms with Crippen LogP contribution < -0.4 is 5.32 Å². The summed E-state index contributed by atoms with van der Waals surface area (Å²) in [5, 5.41) is 3.05. The van der Waals surface area contributed by atoms with Crippen molar-refractivity contribution in [3.05, 3.63) is 0 Å². The molecule has 12 heavy (non-hydrogen) atoms. The molecule has 0 aromatic heterocycles. The molecule has 70 valence electrons. The van der Waals surface area contributed by atoms with E-state index >= 15 is 0 Å². The molecule has 1 fully saturated rings. The SMILES string of the molecule is CN=C(C)NC1CCS(=O)(=O)C1. The zero-order valence-corrected chi connectivity index (χ0v) is 8.19. The summed E-state index contributed by atoms with van der Waals surface area (Å²) in [6, 6.07) is 0.0682. The molecular formula is C7H14N2O2S. The summed E-state index contributed by atoms with van der Waals surface area (Å²) >= 11 is 0. The lowest BCUT2D eigenvalue weighted by Gasteiger charge is -2.10. The predicted molar refractivity (Wildman–Crippen MR) is 49.2 cm³/mol. The minimum absolute atomic E-state index is 0.0682. The number of nitrogens with zero attached hydrogens (tertiary/aromatic N) is 1. The van der Waals surface area contributed by atoms with Crippen molar-refractivity contribution < 1.29 is 8.42 Å². The minimum Gasteiger partial charge on any atom is -0.370 e. The molecule has 0 aliphatic carbocycles. The van der Waals surface area contributed by atoms with E-state index in [2.05, 4.69) is 10.3 Å². The topological polar surface area (TPSA) is 58.5 Å². The molecule has 1 saturated heterocycles. The van der Waals surface area contributed by atoms with Gasteiger partial charge in [-0.3, -0.25) is 4.99 Å². The van der Waals surface area contributed by atoms with Gasteiger partial charge in [0.05, 0.1) is 17.3 Å². The van der Waals surface area contributed by atoms with Crippen LogP contribution in [0.4, 0.5) is 0 Å². The first-order chi connectivity index (χ1) is 5.53. The predicted octanol–water partition coefficient (Wildman–Crippen LogP) is -0.189. The highest BCUT2D eigenvalue weighted by Crippen LogP contribution is 2.10. The summed E-state index contributed by atoms with van der Waals surface area (Å²) in [5.41, 5.74) is 0. The number of amidine groups is 1. The summed E-state index contributed by atoms with van der Waals surface area (Å²) < 4.78 is 22.1. The van der Waals surface area contributed by atoms with Crippen molar-refractivity contribution in [3.8, 4) is 0 Å². The zero-order valence-electron chi connectivity index (χ0n) is 7.37. The molecule has 1 unspecified atom stereocenters. The van der Waals surface area contributed by atoms with Gasteiger partial charge in [0.1, 0.15) is 0 Å². The molecule has 0 aromatic rings. The lowest BCUT2D eigenvalue weighted by atomic mass is 10.2. The number of hydrogen-bond donors (Lipinski definition) is 1. The van der Waals surface area contributed by atoms with Gasteiger partial charge >= 0.3 is 0 Å². The first-order valence-electron chi connectivity index (χ1n) is 3.94. The maximum atomic E-state index is 11.0. The van der Waals surface area contributed by atoms with E-state index in [4.69, 9.17) is 0 Å². The molecule has 1 aliphatic rings. The van der Waals surface area contributed by atoms with E-state index in [1.54, 1.807) is 7.05 Å². The molecule has 4 nitrogen and oxygen atoms in total. The average Bonchev–Trinajstić information content (AvgIpc) is 2.30. The molecule has 5 heteroatoms. The van der Waals surface area contributed by atoms with E-state index in [0.717, 1.165) is 5.84 Å². The van der Waals surface area contributed by atoms with E-state index in [-0.39, 0.29) is 11.8 Å². The van der Waals surface area contributed by atoms with E-state index in [1.165, 1.54) is 0 Å². The molecule has 0 spiro atoms. The minimum atomic E-state index is -2.77. The van der Waals surface area contributed by atoms with Gasteiger partial charge in [-0.25, -0.2) is 8.42 Å². The highest BCUT2D eigenvalue weighted by Gasteiger charge is 2.27. The lowest BCUT2D eigenvalue weighted by molar-refractivity contribution is 0.600. The number of sulfone groups is 1. The molecule has 1 aliphatic heterocycles. The summed E-state index contributed by atoms with van der Waals surface area (Å²) in [7, 11) is -1.08. The first kappa shape index (κ1) is 9.51. The van der Waals surface area contributed by atoms with Gasteiger partial charge in [-0.05, 0) is 13.3 Å². The molecule has 0 radical (unpaired) electrons. The van der Waals surface area contributed by atoms with E-state index in [0.29, 0.717) is 12.2 Å². The summed E-state index contributed by atoms with van der Waals surface area (Å²) in [6.07, 6.45) is 0.704. The summed E-state index contributed by atoms with van der Waals surface area (Å²) in [6.45, 7) is 1.84. The molecule has 1 heterocycles. The van der Waals surface area contributed by atoms with Gasteiger partial charge in [-0.1, -0.05) is 0 Å². The highest BCUT2D eigenvalue weighted by molar-refractivity contribution is 7.91. The van der Waals surface area contributed by atoms with Crippen LogP contribution in [0.2, 0.25) is 0 Å². The Morgan fingerprint density at radius 1 is 1.58 bits per heavy atom. The second-order valence-electron chi connectivity index (χ2n) is 3.05. The second kappa shape index (κ2) is 3.43. The monoisotopic (exact) mass is 190 g/mol. The molecule has 1 rings (SSSR count). The van der Waals surface area contributed by atoms with Gasteiger partial charge < -0.3 is 5.32 Å². The van der Waals surface area contributed by atoms with E-state index < -0.39 is 9.84 Å². The van der Waals surface area contributed by atoms with Gasteiger partial charge in [-0.15, -0.1) is 0 Å². The Kier molecular flexibility index (Phi) is 2.72. The normalized spacial score (nSPS) is 28.8. The standard InChI is InChI=1S/C7H14N2O2S/c1-6(8-2)9-7-3-4-12(10,11)5-7/h7H,3-5H2,1-2H3,(H,8,9). The fourth-order valence-corrected chi connectivity index (χ4v) is 2.94. The van der Waals surface area contributed by atoms with E-state index in [9.17, 15) is 8.42 Å². The number of hydrogen-bond acceptors (Lipinski definition) is 3. The van der Waals surface area contributed by atoms with Crippen molar-refractivity contribution >= 4 is 15.7 Å². The van der Waals surface area contributed by atoms with Gasteiger partial charge in [0, 0.05) is 13.1 Å². The van der Waals surface area contributed by atoms with Crippen LogP contribution in [0.1, 0.15) is 13.3 Å². The van der Waals surface area contributed by atoms with Crippen molar-refractivity contribution in [3.63, 3.8) is 0 Å². The Bertz CT molecular complexity index is 282. The third-order valence-electron chi connectivity index (χ3n) is 1.98. The first-order valence-corrected chi connectivity index (χ1v) is 5.76. The Morgan fingerprint density at radius 3 is 2.67 bits per heavy atom. The van der Waals surface area contributed by atoms with Crippen molar-refractivity contribution in [2.75, 3.05) is 18.6 Å².